The number of thiazole rings is 1. The van der Waals surface area contributed by atoms with E-state index in [-0.39, 0.29) is 0 Å². The number of hydrogen-bond donors (Lipinski definition) is 0. The Balaban J connectivity index is 1.94. The number of allylic oxidation sites excluding steroid dienone is 1. The van der Waals surface area contributed by atoms with Crippen molar-refractivity contribution in [2.24, 2.45) is 0 Å². The molecule has 0 aliphatic heterocycles. The Hall–Kier alpha value is -2.22. The highest BCUT2D eigenvalue weighted by Crippen LogP contribution is 2.27. The number of thiophene rings is 1. The van der Waals surface area contributed by atoms with E-state index in [2.05, 4.69) is 42.2 Å². The topological polar surface area (TPSA) is 36.7 Å². The minimum atomic E-state index is 0.608. The fourth-order valence-corrected chi connectivity index (χ4v) is 3.33. The minimum Gasteiger partial charge on any atom is -0.235 e. The largest absolute Gasteiger partial charge is 0.235 e. The molecule has 0 bridgehead atoms. The van der Waals surface area contributed by atoms with Gasteiger partial charge in [-0.2, -0.15) is 16.6 Å². The standard InChI is InChI=1S/C17H12N2S2/c1-12-2-4-14(5-3-12)16-11-21-17(19-16)15(9-18)8-13-6-7-20-10-13/h2-8,10-11H,1H3/b15-8-. The lowest BCUT2D eigenvalue weighted by atomic mass is 10.1. The first kappa shape index (κ1) is 13.7. The van der Waals surface area contributed by atoms with E-state index in [0.717, 1.165) is 21.8 Å². The van der Waals surface area contributed by atoms with Gasteiger partial charge in [-0.05, 0) is 35.4 Å². The zero-order chi connectivity index (χ0) is 14.7. The van der Waals surface area contributed by atoms with E-state index >= 15 is 0 Å². The first-order chi connectivity index (χ1) is 10.3. The van der Waals surface area contributed by atoms with Gasteiger partial charge in [-0.1, -0.05) is 29.8 Å². The zero-order valence-corrected chi connectivity index (χ0v) is 13.0. The smallest absolute Gasteiger partial charge is 0.134 e. The molecule has 0 N–H and O–H groups in total. The molecular weight excluding hydrogens is 296 g/mol. The van der Waals surface area contributed by atoms with Crippen molar-refractivity contribution in [3.63, 3.8) is 0 Å². The van der Waals surface area contributed by atoms with E-state index in [1.54, 1.807) is 11.3 Å². The van der Waals surface area contributed by atoms with Gasteiger partial charge in [0.05, 0.1) is 11.3 Å². The molecule has 21 heavy (non-hydrogen) atoms. The summed E-state index contributed by atoms with van der Waals surface area (Å²) in [5, 5.41) is 16.1. The van der Waals surface area contributed by atoms with E-state index in [1.165, 1.54) is 16.9 Å². The highest BCUT2D eigenvalue weighted by Gasteiger charge is 2.09. The Kier molecular flexibility index (Phi) is 3.96. The van der Waals surface area contributed by atoms with Crippen LogP contribution in [0.1, 0.15) is 16.1 Å². The molecule has 0 radical (unpaired) electrons. The van der Waals surface area contributed by atoms with Gasteiger partial charge in [0, 0.05) is 10.9 Å². The maximum absolute atomic E-state index is 9.35. The molecule has 0 atom stereocenters. The summed E-state index contributed by atoms with van der Waals surface area (Å²) < 4.78 is 0. The Labute approximate surface area is 131 Å². The molecule has 3 aromatic rings. The molecule has 0 saturated carbocycles. The number of hydrogen-bond acceptors (Lipinski definition) is 4. The fourth-order valence-electron chi connectivity index (χ4n) is 1.92. The van der Waals surface area contributed by atoms with E-state index < -0.39 is 0 Å². The molecule has 0 aliphatic rings. The predicted molar refractivity (Wildman–Crippen MR) is 90.1 cm³/mol. The molecule has 0 spiro atoms. The Morgan fingerprint density at radius 2 is 2.00 bits per heavy atom. The summed E-state index contributed by atoms with van der Waals surface area (Å²) >= 11 is 3.12. The van der Waals surface area contributed by atoms with Crippen molar-refractivity contribution in [2.75, 3.05) is 0 Å². The Morgan fingerprint density at radius 1 is 1.19 bits per heavy atom. The second kappa shape index (κ2) is 6.04. The minimum absolute atomic E-state index is 0.608. The first-order valence-electron chi connectivity index (χ1n) is 6.43. The number of benzene rings is 1. The lowest BCUT2D eigenvalue weighted by molar-refractivity contribution is 1.36. The van der Waals surface area contributed by atoms with Crippen LogP contribution in [0.2, 0.25) is 0 Å². The second-order valence-electron chi connectivity index (χ2n) is 4.63. The summed E-state index contributed by atoms with van der Waals surface area (Å²) in [6, 6.07) is 12.5. The van der Waals surface area contributed by atoms with Crippen LogP contribution in [0.5, 0.6) is 0 Å². The fraction of sp³-hybridized carbons (Fsp3) is 0.0588. The first-order valence-corrected chi connectivity index (χ1v) is 8.25. The van der Waals surface area contributed by atoms with Gasteiger partial charge in [0.2, 0.25) is 0 Å². The molecule has 2 heterocycles. The Morgan fingerprint density at radius 3 is 2.67 bits per heavy atom. The van der Waals surface area contributed by atoms with Crippen LogP contribution in [0.25, 0.3) is 22.9 Å². The summed E-state index contributed by atoms with van der Waals surface area (Å²) in [5.74, 6) is 0. The summed E-state index contributed by atoms with van der Waals surface area (Å²) in [7, 11) is 0. The Bertz CT molecular complexity index is 803. The van der Waals surface area contributed by atoms with Crippen LogP contribution >= 0.6 is 22.7 Å². The summed E-state index contributed by atoms with van der Waals surface area (Å²) in [5.41, 5.74) is 4.88. The van der Waals surface area contributed by atoms with Crippen LogP contribution in [0.15, 0.2) is 46.5 Å². The number of nitrogens with zero attached hydrogens (tertiary/aromatic N) is 2. The van der Waals surface area contributed by atoms with Gasteiger partial charge in [-0.25, -0.2) is 4.98 Å². The molecule has 2 aromatic heterocycles. The summed E-state index contributed by atoms with van der Waals surface area (Å²) in [6.45, 7) is 2.06. The third kappa shape index (κ3) is 3.10. The maximum atomic E-state index is 9.35. The van der Waals surface area contributed by atoms with Gasteiger partial charge in [0.25, 0.3) is 0 Å². The van der Waals surface area contributed by atoms with Gasteiger partial charge in [0.15, 0.2) is 0 Å². The lowest BCUT2D eigenvalue weighted by Gasteiger charge is -1.97. The lowest BCUT2D eigenvalue weighted by Crippen LogP contribution is -1.82. The quantitative estimate of drug-likeness (QED) is 0.620. The monoisotopic (exact) mass is 308 g/mol. The second-order valence-corrected chi connectivity index (χ2v) is 6.27. The van der Waals surface area contributed by atoms with Gasteiger partial charge in [0.1, 0.15) is 11.1 Å². The zero-order valence-electron chi connectivity index (χ0n) is 11.4. The van der Waals surface area contributed by atoms with Crippen molar-refractivity contribution in [1.82, 2.24) is 4.98 Å². The number of rotatable bonds is 3. The molecule has 0 unspecified atom stereocenters. The SMILES string of the molecule is Cc1ccc(-c2csc(/C(C#N)=C\c3ccsc3)n2)cc1. The van der Waals surface area contributed by atoms with Crippen LogP contribution in [-0.4, -0.2) is 4.98 Å². The van der Waals surface area contributed by atoms with Crippen LogP contribution < -0.4 is 0 Å². The number of aryl methyl sites for hydroxylation is 1. The molecule has 2 nitrogen and oxygen atoms in total. The molecule has 1 aromatic carbocycles. The van der Waals surface area contributed by atoms with E-state index in [0.29, 0.717) is 5.57 Å². The average Bonchev–Trinajstić information content (AvgIpc) is 3.17. The number of aromatic nitrogens is 1. The molecule has 0 aliphatic carbocycles. The van der Waals surface area contributed by atoms with Gasteiger partial charge < -0.3 is 0 Å². The van der Waals surface area contributed by atoms with Gasteiger partial charge in [-0.15, -0.1) is 11.3 Å². The van der Waals surface area contributed by atoms with Crippen LogP contribution in [-0.2, 0) is 0 Å². The maximum Gasteiger partial charge on any atom is 0.134 e. The van der Waals surface area contributed by atoms with E-state index in [4.69, 9.17) is 0 Å². The molecule has 0 fully saturated rings. The van der Waals surface area contributed by atoms with E-state index in [1.807, 2.05) is 28.3 Å². The molecule has 0 amide bonds. The molecule has 0 saturated heterocycles. The highest BCUT2D eigenvalue weighted by molar-refractivity contribution is 7.11. The molecular formula is C17H12N2S2. The average molecular weight is 308 g/mol. The van der Waals surface area contributed by atoms with Crippen LogP contribution in [0.4, 0.5) is 0 Å². The molecule has 102 valence electrons. The van der Waals surface area contributed by atoms with Crippen molar-refractivity contribution >= 4 is 34.3 Å². The van der Waals surface area contributed by atoms with Gasteiger partial charge in [-0.3, -0.25) is 0 Å². The predicted octanol–water partition coefficient (Wildman–Crippen LogP) is 5.24. The number of nitriles is 1. The van der Waals surface area contributed by atoms with Crippen molar-refractivity contribution in [3.8, 4) is 17.3 Å². The molecule has 4 heteroatoms. The van der Waals surface area contributed by atoms with Crippen molar-refractivity contribution in [2.45, 2.75) is 6.92 Å². The van der Waals surface area contributed by atoms with Crippen molar-refractivity contribution in [1.29, 1.82) is 5.26 Å². The van der Waals surface area contributed by atoms with Crippen LogP contribution in [0, 0.1) is 18.3 Å². The third-order valence-electron chi connectivity index (χ3n) is 3.06. The van der Waals surface area contributed by atoms with E-state index in [9.17, 15) is 5.26 Å². The summed E-state index contributed by atoms with van der Waals surface area (Å²) in [6.07, 6.45) is 1.88. The van der Waals surface area contributed by atoms with Crippen LogP contribution in [0.3, 0.4) is 0 Å². The normalized spacial score (nSPS) is 11.3. The van der Waals surface area contributed by atoms with Crippen molar-refractivity contribution < 1.29 is 0 Å². The third-order valence-corrected chi connectivity index (χ3v) is 4.63. The van der Waals surface area contributed by atoms with Gasteiger partial charge >= 0.3 is 0 Å². The summed E-state index contributed by atoms with van der Waals surface area (Å²) in [4.78, 5) is 4.59. The highest BCUT2D eigenvalue weighted by atomic mass is 32.1. The molecule has 3 rings (SSSR count). The van der Waals surface area contributed by atoms with Crippen molar-refractivity contribution in [3.05, 3.63) is 62.6 Å².